The van der Waals surface area contributed by atoms with Crippen LogP contribution in [0, 0.1) is 0 Å². The van der Waals surface area contributed by atoms with E-state index in [0.29, 0.717) is 30.9 Å². The molecule has 3 N–H and O–H groups in total. The number of benzene rings is 2. The monoisotopic (exact) mass is 312 g/mol. The fraction of sp³-hybridized carbons (Fsp3) is 0.316. The zero-order chi connectivity index (χ0) is 16.5. The van der Waals surface area contributed by atoms with Crippen molar-refractivity contribution in [1.29, 1.82) is 0 Å². The number of rotatable bonds is 8. The molecule has 0 radical (unpaired) electrons. The molecule has 23 heavy (non-hydrogen) atoms. The molecular weight excluding hydrogens is 288 g/mol. The molecule has 0 aromatic heterocycles. The van der Waals surface area contributed by atoms with E-state index < -0.39 is 0 Å². The zero-order valence-electron chi connectivity index (χ0n) is 13.5. The molecule has 4 heteroatoms. The number of amides is 1. The fourth-order valence-corrected chi connectivity index (χ4v) is 2.23. The zero-order valence-corrected chi connectivity index (χ0v) is 13.5. The topological polar surface area (TPSA) is 64.3 Å². The lowest BCUT2D eigenvalue weighted by Crippen LogP contribution is -2.24. The highest BCUT2D eigenvalue weighted by atomic mass is 16.5. The Morgan fingerprint density at radius 2 is 1.91 bits per heavy atom. The van der Waals surface area contributed by atoms with Gasteiger partial charge in [0.05, 0.1) is 5.69 Å². The predicted molar refractivity (Wildman–Crippen MR) is 93.3 cm³/mol. The van der Waals surface area contributed by atoms with Crippen molar-refractivity contribution >= 4 is 11.6 Å². The average Bonchev–Trinajstić information content (AvgIpc) is 2.58. The average molecular weight is 312 g/mol. The van der Waals surface area contributed by atoms with Crippen LogP contribution in [-0.4, -0.2) is 12.5 Å². The van der Waals surface area contributed by atoms with E-state index in [9.17, 15) is 4.79 Å². The molecule has 0 saturated heterocycles. The number of nitrogen functional groups attached to an aromatic ring is 1. The van der Waals surface area contributed by atoms with Crippen molar-refractivity contribution in [1.82, 2.24) is 5.32 Å². The number of carbonyl (C=O) groups is 1. The number of carbonyl (C=O) groups excluding carboxylic acids is 1. The van der Waals surface area contributed by atoms with Crippen molar-refractivity contribution in [3.8, 4) is 5.75 Å². The van der Waals surface area contributed by atoms with Crippen LogP contribution in [0.15, 0.2) is 48.5 Å². The Balaban J connectivity index is 1.86. The largest absolute Gasteiger partial charge is 0.487 e. The van der Waals surface area contributed by atoms with E-state index in [1.165, 1.54) is 0 Å². The molecule has 0 aliphatic heterocycles. The number of nitrogens with one attached hydrogen (secondary N) is 1. The Kier molecular flexibility index (Phi) is 6.48. The van der Waals surface area contributed by atoms with Crippen molar-refractivity contribution in [2.45, 2.75) is 32.8 Å². The first kappa shape index (κ1) is 16.9. The van der Waals surface area contributed by atoms with Crippen LogP contribution in [0.5, 0.6) is 5.75 Å². The molecule has 0 unspecified atom stereocenters. The number of aryl methyl sites for hydroxylation is 1. The van der Waals surface area contributed by atoms with Crippen molar-refractivity contribution in [3.63, 3.8) is 0 Å². The van der Waals surface area contributed by atoms with E-state index in [1.54, 1.807) is 0 Å². The standard InChI is InChI=1S/C19H24N2O2/c1-2-12-21-19(22)11-9-15-8-10-18(17(20)13-15)23-14-16-6-4-3-5-7-16/h3-8,10,13H,2,9,11-12,14,20H2,1H3,(H,21,22). The van der Waals surface area contributed by atoms with Gasteiger partial charge in [-0.1, -0.05) is 43.3 Å². The molecule has 2 rings (SSSR count). The first-order valence-electron chi connectivity index (χ1n) is 8.01. The number of hydrogen-bond acceptors (Lipinski definition) is 3. The molecule has 0 saturated carbocycles. The number of nitrogens with two attached hydrogens (primary N) is 1. The van der Waals surface area contributed by atoms with Gasteiger partial charge in [0.1, 0.15) is 12.4 Å². The summed E-state index contributed by atoms with van der Waals surface area (Å²) in [4.78, 5) is 11.6. The molecule has 1 amide bonds. The Labute approximate surface area is 137 Å². The molecule has 0 spiro atoms. The van der Waals surface area contributed by atoms with Gasteiger partial charge in [-0.3, -0.25) is 4.79 Å². The predicted octanol–water partition coefficient (Wildman–Crippen LogP) is 3.31. The number of anilines is 1. The highest BCUT2D eigenvalue weighted by Crippen LogP contribution is 2.24. The van der Waals surface area contributed by atoms with Crippen LogP contribution in [-0.2, 0) is 17.8 Å². The summed E-state index contributed by atoms with van der Waals surface area (Å²) in [6.07, 6.45) is 2.11. The Morgan fingerprint density at radius 1 is 1.13 bits per heavy atom. The third-order valence-electron chi connectivity index (χ3n) is 3.52. The van der Waals surface area contributed by atoms with Crippen molar-refractivity contribution in [2.75, 3.05) is 12.3 Å². The van der Waals surface area contributed by atoms with E-state index in [4.69, 9.17) is 10.5 Å². The molecule has 0 bridgehead atoms. The van der Waals surface area contributed by atoms with Crippen molar-refractivity contribution < 1.29 is 9.53 Å². The van der Waals surface area contributed by atoms with E-state index in [1.807, 2.05) is 55.5 Å². The first-order valence-corrected chi connectivity index (χ1v) is 8.01. The molecule has 2 aromatic rings. The van der Waals surface area contributed by atoms with Gasteiger partial charge in [-0.15, -0.1) is 0 Å². The number of ether oxygens (including phenoxy) is 1. The molecule has 0 atom stereocenters. The van der Waals surface area contributed by atoms with E-state index in [2.05, 4.69) is 5.32 Å². The smallest absolute Gasteiger partial charge is 0.220 e. The van der Waals surface area contributed by atoms with Crippen LogP contribution >= 0.6 is 0 Å². The van der Waals surface area contributed by atoms with Crippen molar-refractivity contribution in [3.05, 3.63) is 59.7 Å². The molecule has 0 aliphatic rings. The van der Waals surface area contributed by atoms with Gasteiger partial charge < -0.3 is 15.8 Å². The lowest BCUT2D eigenvalue weighted by Gasteiger charge is -2.11. The Morgan fingerprint density at radius 3 is 2.61 bits per heavy atom. The quantitative estimate of drug-likeness (QED) is 0.735. The molecular formula is C19H24N2O2. The molecule has 0 fully saturated rings. The summed E-state index contributed by atoms with van der Waals surface area (Å²) in [5.74, 6) is 0.753. The molecule has 122 valence electrons. The highest BCUT2D eigenvalue weighted by Gasteiger charge is 2.05. The lowest BCUT2D eigenvalue weighted by molar-refractivity contribution is -0.121. The van der Waals surface area contributed by atoms with Gasteiger partial charge in [-0.05, 0) is 36.1 Å². The summed E-state index contributed by atoms with van der Waals surface area (Å²) < 4.78 is 5.75. The minimum Gasteiger partial charge on any atom is -0.487 e. The van der Waals surface area contributed by atoms with Gasteiger partial charge in [0, 0.05) is 13.0 Å². The lowest BCUT2D eigenvalue weighted by atomic mass is 10.1. The summed E-state index contributed by atoms with van der Waals surface area (Å²) in [5.41, 5.74) is 8.79. The van der Waals surface area contributed by atoms with E-state index in [0.717, 1.165) is 24.1 Å². The summed E-state index contributed by atoms with van der Waals surface area (Å²) >= 11 is 0. The SMILES string of the molecule is CCCNC(=O)CCc1ccc(OCc2ccccc2)c(N)c1. The minimum atomic E-state index is 0.0785. The summed E-state index contributed by atoms with van der Waals surface area (Å²) in [6.45, 7) is 3.26. The summed E-state index contributed by atoms with van der Waals surface area (Å²) in [7, 11) is 0. The van der Waals surface area contributed by atoms with Crippen LogP contribution in [0.4, 0.5) is 5.69 Å². The maximum absolute atomic E-state index is 11.6. The van der Waals surface area contributed by atoms with Crippen LogP contribution in [0.1, 0.15) is 30.9 Å². The second-order valence-corrected chi connectivity index (χ2v) is 5.50. The highest BCUT2D eigenvalue weighted by molar-refractivity contribution is 5.76. The van der Waals surface area contributed by atoms with Crippen LogP contribution in [0.25, 0.3) is 0 Å². The molecule has 0 heterocycles. The van der Waals surface area contributed by atoms with Crippen LogP contribution in [0.2, 0.25) is 0 Å². The third kappa shape index (κ3) is 5.66. The van der Waals surface area contributed by atoms with Gasteiger partial charge in [0.15, 0.2) is 0 Å². The Bertz CT molecular complexity index is 627. The normalized spacial score (nSPS) is 10.3. The minimum absolute atomic E-state index is 0.0785. The van der Waals surface area contributed by atoms with Crippen LogP contribution < -0.4 is 15.8 Å². The maximum Gasteiger partial charge on any atom is 0.220 e. The van der Waals surface area contributed by atoms with Gasteiger partial charge in [-0.25, -0.2) is 0 Å². The summed E-state index contributed by atoms with van der Waals surface area (Å²) in [6, 6.07) is 15.7. The number of hydrogen-bond donors (Lipinski definition) is 2. The van der Waals surface area contributed by atoms with Crippen molar-refractivity contribution in [2.24, 2.45) is 0 Å². The fourth-order valence-electron chi connectivity index (χ4n) is 2.23. The van der Waals surface area contributed by atoms with E-state index >= 15 is 0 Å². The van der Waals surface area contributed by atoms with Gasteiger partial charge >= 0.3 is 0 Å². The van der Waals surface area contributed by atoms with Crippen LogP contribution in [0.3, 0.4) is 0 Å². The maximum atomic E-state index is 11.6. The molecule has 0 aliphatic carbocycles. The third-order valence-corrected chi connectivity index (χ3v) is 3.52. The summed E-state index contributed by atoms with van der Waals surface area (Å²) in [5, 5.41) is 2.87. The van der Waals surface area contributed by atoms with Gasteiger partial charge in [0.25, 0.3) is 0 Å². The Hall–Kier alpha value is -2.49. The second-order valence-electron chi connectivity index (χ2n) is 5.50. The molecule has 4 nitrogen and oxygen atoms in total. The first-order chi connectivity index (χ1) is 11.2. The van der Waals surface area contributed by atoms with Gasteiger partial charge in [-0.2, -0.15) is 0 Å². The van der Waals surface area contributed by atoms with Gasteiger partial charge in [0.2, 0.25) is 5.91 Å². The second kappa shape index (κ2) is 8.83. The van der Waals surface area contributed by atoms with E-state index in [-0.39, 0.29) is 5.91 Å². The molecule has 2 aromatic carbocycles.